The lowest BCUT2D eigenvalue weighted by Crippen LogP contribution is -2.57. The minimum absolute atomic E-state index is 0.131. The molecule has 4 heterocycles. The number of methoxy groups -OCH3 is 2. The monoisotopic (exact) mass is 626 g/mol. The molecule has 12 nitrogen and oxygen atoms in total. The Morgan fingerprint density at radius 2 is 1.93 bits per heavy atom. The quantitative estimate of drug-likeness (QED) is 0.300. The highest BCUT2D eigenvalue weighted by Gasteiger charge is 2.35. The van der Waals surface area contributed by atoms with Crippen molar-refractivity contribution in [2.24, 2.45) is 0 Å². The number of likely N-dealkylation sites (tertiary alicyclic amines) is 1. The average Bonchev–Trinajstić information content (AvgIpc) is 3.00. The standard InChI is InChI=1S/C31H39ClN6O6/c1-6-26(39)37-17-22(18-37)44-31(2,3)19-38-28-20(16-34-30(35-28)33-7-8-36-9-11-43-12-10-36)13-24(29(38)40)23-14-21(41-4)15-25(42-5)27(23)32/h6,13-16,22H,1,7-12,17-19H2,2-5H3,(H,33,34,35). The predicted octanol–water partition coefficient (Wildman–Crippen LogP) is 3.07. The maximum absolute atomic E-state index is 14.3. The van der Waals surface area contributed by atoms with Gasteiger partial charge in [-0.15, -0.1) is 0 Å². The van der Waals surface area contributed by atoms with Crippen LogP contribution in [0.25, 0.3) is 22.2 Å². The van der Waals surface area contributed by atoms with E-state index in [0.29, 0.717) is 59.2 Å². The first kappa shape index (κ1) is 31.7. The van der Waals surface area contributed by atoms with Crippen molar-refractivity contribution in [3.63, 3.8) is 0 Å². The molecule has 1 aromatic carbocycles. The molecule has 0 aliphatic carbocycles. The Morgan fingerprint density at radius 1 is 1.18 bits per heavy atom. The third kappa shape index (κ3) is 6.99. The highest BCUT2D eigenvalue weighted by atomic mass is 35.5. The molecule has 2 aliphatic heterocycles. The molecule has 236 valence electrons. The summed E-state index contributed by atoms with van der Waals surface area (Å²) >= 11 is 6.73. The highest BCUT2D eigenvalue weighted by molar-refractivity contribution is 6.35. The van der Waals surface area contributed by atoms with Gasteiger partial charge < -0.3 is 29.2 Å². The van der Waals surface area contributed by atoms with Gasteiger partial charge in [0.05, 0.1) is 50.7 Å². The molecule has 3 aromatic rings. The van der Waals surface area contributed by atoms with Crippen LogP contribution in [-0.4, -0.2) is 109 Å². The summed E-state index contributed by atoms with van der Waals surface area (Å²) < 4.78 is 24.3. The number of nitrogens with one attached hydrogen (secondary N) is 1. The molecule has 0 saturated carbocycles. The van der Waals surface area contributed by atoms with Crippen molar-refractivity contribution in [3.8, 4) is 22.6 Å². The number of amides is 1. The Balaban J connectivity index is 1.50. The molecular formula is C31H39ClN6O6. The number of rotatable bonds is 12. The van der Waals surface area contributed by atoms with Crippen molar-refractivity contribution >= 4 is 34.5 Å². The van der Waals surface area contributed by atoms with Gasteiger partial charge in [-0.25, -0.2) is 4.98 Å². The van der Waals surface area contributed by atoms with E-state index in [4.69, 9.17) is 35.5 Å². The largest absolute Gasteiger partial charge is 0.497 e. The van der Waals surface area contributed by atoms with E-state index in [0.717, 1.165) is 32.8 Å². The van der Waals surface area contributed by atoms with Crippen LogP contribution < -0.4 is 20.3 Å². The van der Waals surface area contributed by atoms with Gasteiger partial charge in [0.2, 0.25) is 11.9 Å². The van der Waals surface area contributed by atoms with E-state index in [1.807, 2.05) is 13.8 Å². The summed E-state index contributed by atoms with van der Waals surface area (Å²) in [6, 6.07) is 5.12. The molecule has 2 fully saturated rings. The summed E-state index contributed by atoms with van der Waals surface area (Å²) in [6.45, 7) is 13.2. The number of fused-ring (bicyclic) bond motifs is 1. The van der Waals surface area contributed by atoms with Crippen LogP contribution in [0.15, 0.2) is 41.8 Å². The van der Waals surface area contributed by atoms with E-state index in [1.165, 1.54) is 20.3 Å². The van der Waals surface area contributed by atoms with Crippen LogP contribution in [0.2, 0.25) is 5.02 Å². The summed E-state index contributed by atoms with van der Waals surface area (Å²) in [4.78, 5) is 39.5. The molecule has 2 aromatic heterocycles. The fraction of sp³-hybridized carbons (Fsp3) is 0.484. The Kier molecular flexibility index (Phi) is 9.74. The minimum atomic E-state index is -0.784. The van der Waals surface area contributed by atoms with E-state index in [2.05, 4.69) is 21.8 Å². The number of hydrogen-bond acceptors (Lipinski definition) is 10. The number of benzene rings is 1. The SMILES string of the molecule is C=CC(=O)N1CC(OC(C)(C)Cn2c(=O)c(-c3cc(OC)cc(OC)c3Cl)cc3cnc(NCCN4CCOCC4)nc32)C1. The number of ether oxygens (including phenoxy) is 4. The van der Waals surface area contributed by atoms with Gasteiger partial charge in [-0.1, -0.05) is 18.2 Å². The topological polar surface area (TPSA) is 120 Å². The van der Waals surface area contributed by atoms with Gasteiger partial charge in [-0.2, -0.15) is 4.98 Å². The zero-order chi connectivity index (χ0) is 31.4. The Morgan fingerprint density at radius 3 is 2.61 bits per heavy atom. The number of halogens is 1. The molecule has 2 saturated heterocycles. The zero-order valence-electron chi connectivity index (χ0n) is 25.6. The normalized spacial score (nSPS) is 16.1. The third-order valence-electron chi connectivity index (χ3n) is 7.76. The summed E-state index contributed by atoms with van der Waals surface area (Å²) in [6.07, 6.45) is 2.83. The average molecular weight is 627 g/mol. The van der Waals surface area contributed by atoms with E-state index in [9.17, 15) is 9.59 Å². The molecule has 0 radical (unpaired) electrons. The molecule has 0 unspecified atom stereocenters. The van der Waals surface area contributed by atoms with Crippen LogP contribution in [0.1, 0.15) is 13.8 Å². The molecule has 0 bridgehead atoms. The molecule has 13 heteroatoms. The number of carbonyl (C=O) groups excluding carboxylic acids is 1. The summed E-state index contributed by atoms with van der Waals surface area (Å²) in [5, 5.41) is 4.24. The van der Waals surface area contributed by atoms with E-state index in [-0.39, 0.29) is 29.1 Å². The fourth-order valence-electron chi connectivity index (χ4n) is 5.46. The molecule has 44 heavy (non-hydrogen) atoms. The summed E-state index contributed by atoms with van der Waals surface area (Å²) in [5.41, 5.74) is 0.184. The Hall–Kier alpha value is -3.71. The fourth-order valence-corrected chi connectivity index (χ4v) is 5.75. The van der Waals surface area contributed by atoms with Gasteiger partial charge in [0.15, 0.2) is 0 Å². The van der Waals surface area contributed by atoms with Crippen LogP contribution in [0.3, 0.4) is 0 Å². The molecular weight excluding hydrogens is 588 g/mol. The molecule has 1 N–H and O–H groups in total. The van der Waals surface area contributed by atoms with E-state index in [1.54, 1.807) is 33.9 Å². The van der Waals surface area contributed by atoms with Crippen molar-refractivity contribution in [2.75, 3.05) is 72.0 Å². The summed E-state index contributed by atoms with van der Waals surface area (Å²) in [5.74, 6) is 1.17. The smallest absolute Gasteiger partial charge is 0.260 e. The second kappa shape index (κ2) is 13.5. The van der Waals surface area contributed by atoms with Crippen LogP contribution in [0.5, 0.6) is 11.5 Å². The highest BCUT2D eigenvalue weighted by Crippen LogP contribution is 2.39. The Bertz CT molecular complexity index is 1580. The number of anilines is 1. The van der Waals surface area contributed by atoms with Crippen LogP contribution in [0.4, 0.5) is 5.95 Å². The number of nitrogens with zero attached hydrogens (tertiary/aromatic N) is 5. The molecule has 5 rings (SSSR count). The maximum atomic E-state index is 14.3. The number of hydrogen-bond donors (Lipinski definition) is 1. The summed E-state index contributed by atoms with van der Waals surface area (Å²) in [7, 11) is 3.05. The lowest BCUT2D eigenvalue weighted by Gasteiger charge is -2.42. The third-order valence-corrected chi connectivity index (χ3v) is 8.15. The maximum Gasteiger partial charge on any atom is 0.260 e. The van der Waals surface area contributed by atoms with E-state index >= 15 is 0 Å². The van der Waals surface area contributed by atoms with Gasteiger partial charge >= 0.3 is 0 Å². The first-order valence-corrected chi connectivity index (χ1v) is 15.0. The van der Waals surface area contributed by atoms with Crippen molar-refractivity contribution in [2.45, 2.75) is 32.1 Å². The molecule has 1 amide bonds. The second-order valence-corrected chi connectivity index (χ2v) is 11.8. The number of carbonyl (C=O) groups is 1. The van der Waals surface area contributed by atoms with Gasteiger partial charge in [0.1, 0.15) is 17.1 Å². The van der Waals surface area contributed by atoms with Crippen molar-refractivity contribution in [3.05, 3.63) is 52.4 Å². The number of morpholine rings is 1. The molecule has 0 spiro atoms. The van der Waals surface area contributed by atoms with Crippen molar-refractivity contribution in [1.82, 2.24) is 24.3 Å². The van der Waals surface area contributed by atoms with E-state index < -0.39 is 5.60 Å². The van der Waals surface area contributed by atoms with Crippen LogP contribution in [-0.2, 0) is 20.8 Å². The first-order chi connectivity index (χ1) is 21.1. The van der Waals surface area contributed by atoms with Crippen LogP contribution in [0, 0.1) is 0 Å². The second-order valence-electron chi connectivity index (χ2n) is 11.4. The van der Waals surface area contributed by atoms with Gasteiger partial charge in [-0.3, -0.25) is 19.1 Å². The van der Waals surface area contributed by atoms with Gasteiger partial charge in [0, 0.05) is 68.0 Å². The minimum Gasteiger partial charge on any atom is -0.497 e. The molecule has 0 atom stereocenters. The lowest BCUT2D eigenvalue weighted by atomic mass is 10.0. The number of aromatic nitrogens is 3. The zero-order valence-corrected chi connectivity index (χ0v) is 26.4. The van der Waals surface area contributed by atoms with Crippen molar-refractivity contribution in [1.29, 1.82) is 0 Å². The van der Waals surface area contributed by atoms with Crippen molar-refractivity contribution < 1.29 is 23.7 Å². The predicted molar refractivity (Wildman–Crippen MR) is 169 cm³/mol. The van der Waals surface area contributed by atoms with Gasteiger partial charge in [0.25, 0.3) is 5.56 Å². The Labute approximate surface area is 261 Å². The lowest BCUT2D eigenvalue weighted by molar-refractivity contribution is -0.158. The molecule has 2 aliphatic rings. The number of pyridine rings is 1. The van der Waals surface area contributed by atoms with Crippen LogP contribution >= 0.6 is 11.6 Å². The van der Waals surface area contributed by atoms with Gasteiger partial charge in [-0.05, 0) is 32.1 Å². The first-order valence-electron chi connectivity index (χ1n) is 14.6.